The molecule has 1 heterocycles. The van der Waals surface area contributed by atoms with E-state index in [0.29, 0.717) is 0 Å². The normalized spacial score (nSPS) is 10.4. The van der Waals surface area contributed by atoms with Crippen molar-refractivity contribution in [2.24, 2.45) is 0 Å². The molecule has 0 bridgehead atoms. The van der Waals surface area contributed by atoms with Gasteiger partial charge in [0.2, 0.25) is 0 Å². The van der Waals surface area contributed by atoms with Gasteiger partial charge in [0.25, 0.3) is 0 Å². The molecule has 0 unspecified atom stereocenters. The summed E-state index contributed by atoms with van der Waals surface area (Å²) in [5.41, 5.74) is 1.91. The van der Waals surface area contributed by atoms with Gasteiger partial charge in [0.05, 0.1) is 0 Å². The summed E-state index contributed by atoms with van der Waals surface area (Å²) in [4.78, 5) is 15.1. The van der Waals surface area contributed by atoms with E-state index in [2.05, 4.69) is 17.3 Å². The summed E-state index contributed by atoms with van der Waals surface area (Å²) in [6, 6.07) is 9.24. The second-order valence-electron chi connectivity index (χ2n) is 4.15. The quantitative estimate of drug-likeness (QED) is 0.663. The SMILES string of the molecule is C#CC.C/C=C\C=C/Cc1cc(=O)c2ccccc2[nH]1. The van der Waals surface area contributed by atoms with Crippen LogP contribution in [0.4, 0.5) is 0 Å². The van der Waals surface area contributed by atoms with E-state index in [4.69, 9.17) is 0 Å². The van der Waals surface area contributed by atoms with Gasteiger partial charge in [-0.3, -0.25) is 4.79 Å². The van der Waals surface area contributed by atoms with E-state index in [0.717, 1.165) is 23.0 Å². The number of nitrogens with one attached hydrogen (secondary N) is 1. The zero-order chi connectivity index (χ0) is 14.8. The average molecular weight is 265 g/mol. The van der Waals surface area contributed by atoms with Crippen LogP contribution in [0, 0.1) is 12.3 Å². The van der Waals surface area contributed by atoms with Gasteiger partial charge < -0.3 is 4.98 Å². The van der Waals surface area contributed by atoms with Crippen LogP contribution in [0.1, 0.15) is 19.5 Å². The van der Waals surface area contributed by atoms with Gasteiger partial charge in [-0.2, -0.15) is 0 Å². The minimum Gasteiger partial charge on any atom is -0.358 e. The second kappa shape index (κ2) is 8.55. The molecule has 102 valence electrons. The Morgan fingerprint density at radius 2 is 2.00 bits per heavy atom. The third kappa shape index (κ3) is 4.62. The number of hydrogen-bond acceptors (Lipinski definition) is 1. The van der Waals surface area contributed by atoms with Gasteiger partial charge in [-0.05, 0) is 26.0 Å². The number of aromatic amines is 1. The number of hydrogen-bond donors (Lipinski definition) is 1. The summed E-state index contributed by atoms with van der Waals surface area (Å²) >= 11 is 0. The molecule has 0 atom stereocenters. The summed E-state index contributed by atoms with van der Waals surface area (Å²) in [6.45, 7) is 3.63. The van der Waals surface area contributed by atoms with Crippen LogP contribution in [0.5, 0.6) is 0 Å². The minimum atomic E-state index is 0.0776. The second-order valence-corrected chi connectivity index (χ2v) is 4.15. The molecule has 0 radical (unpaired) electrons. The molecular formula is C18H19NO. The molecule has 2 heteroatoms. The minimum absolute atomic E-state index is 0.0776. The first-order valence-electron chi connectivity index (χ1n) is 6.49. The lowest BCUT2D eigenvalue weighted by Crippen LogP contribution is -2.04. The number of pyridine rings is 1. The van der Waals surface area contributed by atoms with Crippen molar-refractivity contribution in [3.8, 4) is 12.3 Å². The van der Waals surface area contributed by atoms with E-state index in [9.17, 15) is 4.79 Å². The smallest absolute Gasteiger partial charge is 0.189 e. The first-order valence-corrected chi connectivity index (χ1v) is 6.49. The molecular weight excluding hydrogens is 246 g/mol. The lowest BCUT2D eigenvalue weighted by molar-refractivity contribution is 1.13. The van der Waals surface area contributed by atoms with Crippen LogP contribution in [0.3, 0.4) is 0 Å². The Balaban J connectivity index is 0.000000612. The van der Waals surface area contributed by atoms with Crippen molar-refractivity contribution in [1.29, 1.82) is 0 Å². The summed E-state index contributed by atoms with van der Waals surface area (Å²) in [5, 5.41) is 0.744. The van der Waals surface area contributed by atoms with E-state index >= 15 is 0 Å². The number of H-pyrrole nitrogens is 1. The Labute approximate surface area is 119 Å². The zero-order valence-corrected chi connectivity index (χ0v) is 11.9. The first-order chi connectivity index (χ1) is 9.72. The van der Waals surface area contributed by atoms with Crippen LogP contribution in [-0.4, -0.2) is 4.98 Å². The van der Waals surface area contributed by atoms with E-state index in [1.54, 1.807) is 13.0 Å². The van der Waals surface area contributed by atoms with Crippen molar-refractivity contribution >= 4 is 10.9 Å². The fraction of sp³-hybridized carbons (Fsp3) is 0.167. The fourth-order valence-corrected chi connectivity index (χ4v) is 1.75. The monoisotopic (exact) mass is 265 g/mol. The summed E-state index contributed by atoms with van der Waals surface area (Å²) in [7, 11) is 0. The first kappa shape index (κ1) is 15.5. The molecule has 20 heavy (non-hydrogen) atoms. The van der Waals surface area contributed by atoms with Crippen molar-refractivity contribution in [1.82, 2.24) is 4.98 Å². The standard InChI is InChI=1S/C15H15NO.C3H4/c1-2-3-4-5-8-12-11-15(17)13-9-6-7-10-14(13)16-12;1-3-2/h2-7,9-11H,8H2,1H3,(H,16,17);1H,2H3/b3-2-,5-4-;. The van der Waals surface area contributed by atoms with Crippen LogP contribution in [0.25, 0.3) is 10.9 Å². The topological polar surface area (TPSA) is 32.9 Å². The van der Waals surface area contributed by atoms with E-state index in [1.165, 1.54) is 0 Å². The van der Waals surface area contributed by atoms with Gasteiger partial charge in [0.15, 0.2) is 5.43 Å². The molecule has 2 aromatic rings. The Morgan fingerprint density at radius 1 is 1.30 bits per heavy atom. The van der Waals surface area contributed by atoms with Crippen LogP contribution in [-0.2, 0) is 6.42 Å². The largest absolute Gasteiger partial charge is 0.358 e. The number of para-hydroxylation sites is 1. The Kier molecular flexibility index (Phi) is 6.64. The molecule has 0 saturated carbocycles. The predicted octanol–water partition coefficient (Wildman–Crippen LogP) is 3.84. The summed E-state index contributed by atoms with van der Waals surface area (Å²) in [5.74, 6) is 2.25. The molecule has 0 amide bonds. The van der Waals surface area contributed by atoms with Crippen molar-refractivity contribution < 1.29 is 0 Å². The Bertz CT molecular complexity index is 699. The van der Waals surface area contributed by atoms with Crippen LogP contribution in [0.2, 0.25) is 0 Å². The highest BCUT2D eigenvalue weighted by Crippen LogP contribution is 2.07. The van der Waals surface area contributed by atoms with Gasteiger partial charge in [-0.15, -0.1) is 12.3 Å². The highest BCUT2D eigenvalue weighted by Gasteiger charge is 1.99. The molecule has 2 rings (SSSR count). The molecule has 2 nitrogen and oxygen atoms in total. The van der Waals surface area contributed by atoms with Crippen LogP contribution < -0.4 is 5.43 Å². The lowest BCUT2D eigenvalue weighted by atomic mass is 10.1. The van der Waals surface area contributed by atoms with Gasteiger partial charge >= 0.3 is 0 Å². The van der Waals surface area contributed by atoms with Crippen molar-refractivity contribution in [3.63, 3.8) is 0 Å². The Morgan fingerprint density at radius 3 is 2.70 bits per heavy atom. The van der Waals surface area contributed by atoms with Crippen molar-refractivity contribution in [2.75, 3.05) is 0 Å². The Hall–Kier alpha value is -2.53. The number of allylic oxidation sites excluding steroid dienone is 4. The maximum Gasteiger partial charge on any atom is 0.189 e. The number of benzene rings is 1. The number of aromatic nitrogens is 1. The van der Waals surface area contributed by atoms with Gasteiger partial charge in [0.1, 0.15) is 0 Å². The van der Waals surface area contributed by atoms with E-state index < -0.39 is 0 Å². The third-order valence-electron chi connectivity index (χ3n) is 2.57. The van der Waals surface area contributed by atoms with Gasteiger partial charge in [-0.1, -0.05) is 36.4 Å². The van der Waals surface area contributed by atoms with Crippen molar-refractivity contribution in [2.45, 2.75) is 20.3 Å². The van der Waals surface area contributed by atoms with E-state index in [-0.39, 0.29) is 5.43 Å². The van der Waals surface area contributed by atoms with Gasteiger partial charge in [0, 0.05) is 29.1 Å². The molecule has 1 aromatic carbocycles. The molecule has 0 aliphatic rings. The van der Waals surface area contributed by atoms with Crippen molar-refractivity contribution in [3.05, 3.63) is 70.6 Å². The molecule has 0 spiro atoms. The van der Waals surface area contributed by atoms with Crippen LogP contribution >= 0.6 is 0 Å². The maximum absolute atomic E-state index is 11.8. The zero-order valence-electron chi connectivity index (χ0n) is 11.9. The van der Waals surface area contributed by atoms with E-state index in [1.807, 2.05) is 55.5 Å². The maximum atomic E-state index is 11.8. The molecule has 0 saturated heterocycles. The number of terminal acetylenes is 1. The summed E-state index contributed by atoms with van der Waals surface area (Å²) < 4.78 is 0. The molecule has 0 aliphatic heterocycles. The number of rotatable bonds is 3. The van der Waals surface area contributed by atoms with Crippen LogP contribution in [0.15, 0.2) is 59.4 Å². The average Bonchev–Trinajstić information content (AvgIpc) is 2.45. The lowest BCUT2D eigenvalue weighted by Gasteiger charge is -2.01. The third-order valence-corrected chi connectivity index (χ3v) is 2.57. The summed E-state index contributed by atoms with van der Waals surface area (Å²) in [6.07, 6.45) is 13.3. The fourth-order valence-electron chi connectivity index (χ4n) is 1.75. The molecule has 0 aliphatic carbocycles. The van der Waals surface area contributed by atoms with Gasteiger partial charge in [-0.25, -0.2) is 0 Å². The predicted molar refractivity (Wildman–Crippen MR) is 86.7 cm³/mol. The highest BCUT2D eigenvalue weighted by atomic mass is 16.1. The highest BCUT2D eigenvalue weighted by molar-refractivity contribution is 5.78. The number of fused-ring (bicyclic) bond motifs is 1. The molecule has 0 fully saturated rings. The molecule has 1 N–H and O–H groups in total. The molecule has 1 aromatic heterocycles.